The average molecular weight is 295 g/mol. The van der Waals surface area contributed by atoms with E-state index in [0.717, 1.165) is 35.6 Å². The van der Waals surface area contributed by atoms with Crippen molar-refractivity contribution < 1.29 is 0 Å². The maximum Gasteiger partial charge on any atom is 0.168 e. The smallest absolute Gasteiger partial charge is 0.168 e. The molecule has 0 aliphatic heterocycles. The highest BCUT2D eigenvalue weighted by Crippen LogP contribution is 2.25. The van der Waals surface area contributed by atoms with Crippen molar-refractivity contribution in [3.63, 3.8) is 0 Å². The van der Waals surface area contributed by atoms with E-state index in [1.807, 2.05) is 10.9 Å². The maximum atomic E-state index is 4.57. The molecule has 0 N–H and O–H groups in total. The molecule has 114 valence electrons. The minimum absolute atomic E-state index is 0.852. The van der Waals surface area contributed by atoms with Gasteiger partial charge in [0.05, 0.1) is 17.3 Å². The Balaban J connectivity index is 2.21. The van der Waals surface area contributed by atoms with Crippen molar-refractivity contribution in [1.29, 1.82) is 0 Å². The van der Waals surface area contributed by atoms with Crippen LogP contribution in [-0.2, 0) is 0 Å². The summed E-state index contributed by atoms with van der Waals surface area (Å²) < 4.78 is 1.91. The van der Waals surface area contributed by atoms with Gasteiger partial charge in [0, 0.05) is 13.1 Å². The normalized spacial score (nSPS) is 11.1. The summed E-state index contributed by atoms with van der Waals surface area (Å²) in [4.78, 5) is 11.1. The van der Waals surface area contributed by atoms with Crippen molar-refractivity contribution in [3.8, 4) is 5.69 Å². The molecule has 0 fully saturated rings. The van der Waals surface area contributed by atoms with Crippen molar-refractivity contribution in [1.82, 2.24) is 19.7 Å². The molecule has 5 nitrogen and oxygen atoms in total. The van der Waals surface area contributed by atoms with E-state index in [4.69, 9.17) is 0 Å². The minimum Gasteiger partial charge on any atom is -0.356 e. The zero-order chi connectivity index (χ0) is 15.7. The van der Waals surface area contributed by atoms with Crippen molar-refractivity contribution in [2.75, 3.05) is 18.0 Å². The fourth-order valence-electron chi connectivity index (χ4n) is 2.73. The summed E-state index contributed by atoms with van der Waals surface area (Å²) >= 11 is 0. The van der Waals surface area contributed by atoms with Gasteiger partial charge in [-0.2, -0.15) is 5.10 Å². The molecule has 1 aromatic carbocycles. The van der Waals surface area contributed by atoms with Gasteiger partial charge in [-0.05, 0) is 44.9 Å². The van der Waals surface area contributed by atoms with Crippen LogP contribution in [0.25, 0.3) is 16.7 Å². The van der Waals surface area contributed by atoms with Crippen LogP contribution in [0.5, 0.6) is 0 Å². The number of benzene rings is 1. The van der Waals surface area contributed by atoms with E-state index in [-0.39, 0.29) is 0 Å². The summed E-state index contributed by atoms with van der Waals surface area (Å²) in [6.45, 7) is 10.3. The predicted molar refractivity (Wildman–Crippen MR) is 89.7 cm³/mol. The second kappa shape index (κ2) is 5.75. The number of fused-ring (bicyclic) bond motifs is 1. The second-order valence-electron chi connectivity index (χ2n) is 5.45. The molecule has 0 amide bonds. The molecule has 0 saturated heterocycles. The monoisotopic (exact) mass is 295 g/mol. The number of nitrogens with zero attached hydrogens (tertiary/aromatic N) is 5. The van der Waals surface area contributed by atoms with E-state index in [0.29, 0.717) is 0 Å². The van der Waals surface area contributed by atoms with Crippen LogP contribution in [0.1, 0.15) is 25.0 Å². The van der Waals surface area contributed by atoms with Gasteiger partial charge in [0.15, 0.2) is 5.65 Å². The molecular formula is C17H21N5. The van der Waals surface area contributed by atoms with E-state index in [9.17, 15) is 0 Å². The summed E-state index contributed by atoms with van der Waals surface area (Å²) in [7, 11) is 0. The van der Waals surface area contributed by atoms with E-state index < -0.39 is 0 Å². The summed E-state index contributed by atoms with van der Waals surface area (Å²) in [5, 5.41) is 5.56. The van der Waals surface area contributed by atoms with Crippen molar-refractivity contribution in [2.45, 2.75) is 27.7 Å². The van der Waals surface area contributed by atoms with E-state index in [2.05, 4.69) is 65.9 Å². The van der Waals surface area contributed by atoms with E-state index in [1.54, 1.807) is 6.33 Å². The van der Waals surface area contributed by atoms with Crippen LogP contribution < -0.4 is 4.90 Å². The van der Waals surface area contributed by atoms with Gasteiger partial charge >= 0.3 is 0 Å². The first-order chi connectivity index (χ1) is 10.7. The molecule has 5 heteroatoms. The zero-order valence-corrected chi connectivity index (χ0v) is 13.5. The van der Waals surface area contributed by atoms with Gasteiger partial charge < -0.3 is 4.90 Å². The van der Waals surface area contributed by atoms with Gasteiger partial charge in [-0.15, -0.1) is 0 Å². The lowest BCUT2D eigenvalue weighted by molar-refractivity contribution is 0.847. The van der Waals surface area contributed by atoms with Gasteiger partial charge in [0.25, 0.3) is 0 Å². The Morgan fingerprint density at radius 2 is 1.86 bits per heavy atom. The second-order valence-corrected chi connectivity index (χ2v) is 5.45. The fraction of sp³-hybridized carbons (Fsp3) is 0.353. The molecule has 3 rings (SSSR count). The van der Waals surface area contributed by atoms with E-state index in [1.165, 1.54) is 11.1 Å². The molecule has 0 aliphatic carbocycles. The van der Waals surface area contributed by atoms with Crippen LogP contribution in [0.3, 0.4) is 0 Å². The Morgan fingerprint density at radius 3 is 2.59 bits per heavy atom. The zero-order valence-electron chi connectivity index (χ0n) is 13.5. The third-order valence-corrected chi connectivity index (χ3v) is 4.00. The van der Waals surface area contributed by atoms with Gasteiger partial charge in [-0.3, -0.25) is 0 Å². The molecule has 2 heterocycles. The SMILES string of the molecule is CCN(CC)c1ncnc2c1cnn2-c1cc(C)ccc1C. The predicted octanol–water partition coefficient (Wildman–Crippen LogP) is 3.28. The van der Waals surface area contributed by atoms with Crippen LogP contribution >= 0.6 is 0 Å². The minimum atomic E-state index is 0.852. The molecule has 0 spiro atoms. The highest BCUT2D eigenvalue weighted by Gasteiger charge is 2.15. The lowest BCUT2D eigenvalue weighted by Crippen LogP contribution is -2.23. The van der Waals surface area contributed by atoms with Gasteiger partial charge in [-0.1, -0.05) is 12.1 Å². The summed E-state index contributed by atoms with van der Waals surface area (Å²) in [6.07, 6.45) is 3.49. The molecule has 0 aliphatic rings. The van der Waals surface area contributed by atoms with Crippen molar-refractivity contribution in [3.05, 3.63) is 41.9 Å². The third-order valence-electron chi connectivity index (χ3n) is 4.00. The first-order valence-corrected chi connectivity index (χ1v) is 7.67. The Hall–Kier alpha value is -2.43. The molecule has 2 aromatic heterocycles. The number of anilines is 1. The van der Waals surface area contributed by atoms with Gasteiger partial charge in [-0.25, -0.2) is 14.6 Å². The fourth-order valence-corrected chi connectivity index (χ4v) is 2.73. The average Bonchev–Trinajstić information content (AvgIpc) is 2.95. The first-order valence-electron chi connectivity index (χ1n) is 7.67. The molecule has 0 unspecified atom stereocenters. The Labute approximate surface area is 130 Å². The standard InChI is InChI=1S/C17H21N5/c1-5-21(6-2)16-14-10-20-22(17(14)19-11-18-16)15-9-12(3)7-8-13(15)4/h7-11H,5-6H2,1-4H3. The Morgan fingerprint density at radius 1 is 1.09 bits per heavy atom. The van der Waals surface area contributed by atoms with Crippen LogP contribution in [0.15, 0.2) is 30.7 Å². The third kappa shape index (κ3) is 2.32. The summed E-state index contributed by atoms with van der Waals surface area (Å²) in [5.74, 6) is 0.951. The molecular weight excluding hydrogens is 274 g/mol. The number of aryl methyl sites for hydroxylation is 2. The topological polar surface area (TPSA) is 46.8 Å². The van der Waals surface area contributed by atoms with Crippen molar-refractivity contribution in [2.24, 2.45) is 0 Å². The maximum absolute atomic E-state index is 4.57. The number of rotatable bonds is 4. The highest BCUT2D eigenvalue weighted by molar-refractivity contribution is 5.87. The van der Waals surface area contributed by atoms with E-state index >= 15 is 0 Å². The van der Waals surface area contributed by atoms with Crippen LogP contribution in [0.4, 0.5) is 5.82 Å². The number of hydrogen-bond donors (Lipinski definition) is 0. The largest absolute Gasteiger partial charge is 0.356 e. The van der Waals surface area contributed by atoms with Crippen LogP contribution in [0, 0.1) is 13.8 Å². The quantitative estimate of drug-likeness (QED) is 0.741. The molecule has 0 atom stereocenters. The molecule has 0 saturated carbocycles. The number of hydrogen-bond acceptors (Lipinski definition) is 4. The Bertz CT molecular complexity index is 802. The molecule has 0 radical (unpaired) electrons. The number of aromatic nitrogens is 4. The lowest BCUT2D eigenvalue weighted by atomic mass is 10.1. The first kappa shape index (κ1) is 14.5. The lowest BCUT2D eigenvalue weighted by Gasteiger charge is -2.19. The Kier molecular flexibility index (Phi) is 3.79. The van der Waals surface area contributed by atoms with Crippen LogP contribution in [-0.4, -0.2) is 32.8 Å². The van der Waals surface area contributed by atoms with Crippen LogP contribution in [0.2, 0.25) is 0 Å². The van der Waals surface area contributed by atoms with Crippen molar-refractivity contribution >= 4 is 16.9 Å². The molecule has 22 heavy (non-hydrogen) atoms. The highest BCUT2D eigenvalue weighted by atomic mass is 15.3. The molecule has 3 aromatic rings. The van der Waals surface area contributed by atoms with Gasteiger partial charge in [0.1, 0.15) is 12.1 Å². The summed E-state index contributed by atoms with van der Waals surface area (Å²) in [6, 6.07) is 6.37. The van der Waals surface area contributed by atoms with Gasteiger partial charge in [0.2, 0.25) is 0 Å². The summed E-state index contributed by atoms with van der Waals surface area (Å²) in [5.41, 5.74) is 4.31. The molecule has 0 bridgehead atoms.